The van der Waals surface area contributed by atoms with Crippen molar-refractivity contribution in [1.29, 1.82) is 0 Å². The summed E-state index contributed by atoms with van der Waals surface area (Å²) in [4.78, 5) is 0. The predicted octanol–water partition coefficient (Wildman–Crippen LogP) is 3.85. The van der Waals surface area contributed by atoms with Gasteiger partial charge in [-0.15, -0.1) is 6.58 Å². The summed E-state index contributed by atoms with van der Waals surface area (Å²) in [6, 6.07) is 0. The first-order valence-electron chi connectivity index (χ1n) is 4.29. The van der Waals surface area contributed by atoms with Gasteiger partial charge in [0.25, 0.3) is 0 Å². The fraction of sp³-hybridized carbons (Fsp3) is 0.250. The fourth-order valence-electron chi connectivity index (χ4n) is 0.696. The van der Waals surface area contributed by atoms with Gasteiger partial charge in [-0.05, 0) is 26.2 Å². The maximum Gasteiger partial charge on any atom is -0.0133 e. The zero-order valence-corrected chi connectivity index (χ0v) is 7.74. The van der Waals surface area contributed by atoms with E-state index in [9.17, 15) is 0 Å². The highest BCUT2D eigenvalue weighted by atomic mass is 13.8. The molecule has 0 aliphatic rings. The van der Waals surface area contributed by atoms with Crippen molar-refractivity contribution in [3.05, 3.63) is 55.5 Å². The molecule has 0 rings (SSSR count). The third kappa shape index (κ3) is 8.96. The summed E-state index contributed by atoms with van der Waals surface area (Å²) in [6.45, 7) is 5.64. The van der Waals surface area contributed by atoms with Gasteiger partial charge in [-0.2, -0.15) is 0 Å². The molecule has 1 radical (unpaired) electrons. The van der Waals surface area contributed by atoms with Crippen LogP contribution in [0.25, 0.3) is 0 Å². The third-order valence-electron chi connectivity index (χ3n) is 1.29. The highest BCUT2D eigenvalue weighted by Crippen LogP contribution is 1.93. The Hall–Kier alpha value is -1.04. The Morgan fingerprint density at radius 2 is 1.75 bits per heavy atom. The van der Waals surface area contributed by atoms with Crippen LogP contribution >= 0.6 is 0 Å². The molecule has 0 spiro atoms. The van der Waals surface area contributed by atoms with E-state index in [1.807, 2.05) is 25.2 Å². The Labute approximate surface area is 76.0 Å². The van der Waals surface area contributed by atoms with E-state index in [-0.39, 0.29) is 0 Å². The Morgan fingerprint density at radius 1 is 1.00 bits per heavy atom. The molecule has 0 saturated carbocycles. The van der Waals surface area contributed by atoms with E-state index in [1.165, 1.54) is 0 Å². The van der Waals surface area contributed by atoms with Crippen LogP contribution in [0.5, 0.6) is 0 Å². The van der Waals surface area contributed by atoms with Crippen molar-refractivity contribution in [2.75, 3.05) is 0 Å². The molecule has 12 heavy (non-hydrogen) atoms. The number of rotatable bonds is 6. The molecule has 0 saturated heterocycles. The van der Waals surface area contributed by atoms with Crippen LogP contribution in [0, 0.1) is 6.42 Å². The second kappa shape index (κ2) is 9.96. The van der Waals surface area contributed by atoms with Crippen LogP contribution in [-0.2, 0) is 0 Å². The summed E-state index contributed by atoms with van der Waals surface area (Å²) in [7, 11) is 0. The van der Waals surface area contributed by atoms with Crippen LogP contribution in [0.2, 0.25) is 0 Å². The fourth-order valence-corrected chi connectivity index (χ4v) is 0.696. The molecule has 0 heteroatoms. The summed E-state index contributed by atoms with van der Waals surface area (Å²) >= 11 is 0. The topological polar surface area (TPSA) is 0 Å². The average Bonchev–Trinajstić information content (AvgIpc) is 2.10. The van der Waals surface area contributed by atoms with E-state index in [4.69, 9.17) is 0 Å². The van der Waals surface area contributed by atoms with Gasteiger partial charge < -0.3 is 0 Å². The van der Waals surface area contributed by atoms with Crippen LogP contribution in [-0.4, -0.2) is 0 Å². The summed E-state index contributed by atoms with van der Waals surface area (Å²) in [5.74, 6) is 0. The number of unbranched alkanes of at least 4 members (excludes halogenated alkanes) is 1. The van der Waals surface area contributed by atoms with E-state index in [0.717, 1.165) is 12.8 Å². The average molecular weight is 161 g/mol. The lowest BCUT2D eigenvalue weighted by molar-refractivity contribution is 1.27. The molecule has 0 aromatic heterocycles. The van der Waals surface area contributed by atoms with Gasteiger partial charge in [0.05, 0.1) is 0 Å². The second-order valence-electron chi connectivity index (χ2n) is 2.38. The van der Waals surface area contributed by atoms with Crippen LogP contribution in [0.3, 0.4) is 0 Å². The van der Waals surface area contributed by atoms with Gasteiger partial charge in [-0.25, -0.2) is 0 Å². The third-order valence-corrected chi connectivity index (χ3v) is 1.29. The van der Waals surface area contributed by atoms with E-state index >= 15 is 0 Å². The molecule has 0 N–H and O–H groups in total. The summed E-state index contributed by atoms with van der Waals surface area (Å²) in [6.07, 6.45) is 18.4. The Morgan fingerprint density at radius 3 is 2.42 bits per heavy atom. The van der Waals surface area contributed by atoms with Crippen LogP contribution in [0.1, 0.15) is 19.8 Å². The second-order valence-corrected chi connectivity index (χ2v) is 2.38. The van der Waals surface area contributed by atoms with E-state index in [1.54, 1.807) is 0 Å². The minimum Gasteiger partial charge on any atom is -0.103 e. The Bertz CT molecular complexity index is 170. The lowest BCUT2D eigenvalue weighted by Gasteiger charge is -1.84. The molecule has 0 heterocycles. The maximum absolute atomic E-state index is 3.63. The lowest BCUT2D eigenvalue weighted by atomic mass is 10.2. The standard InChI is InChI=1S/C12H17/c1-3-5-7-9-11-12-10-8-6-4-2/h3-4,6-11H,1,5,12H2,2H3. The monoisotopic (exact) mass is 161 g/mol. The van der Waals surface area contributed by atoms with Gasteiger partial charge in [-0.1, -0.05) is 42.5 Å². The minimum atomic E-state index is 0.953. The quantitative estimate of drug-likeness (QED) is 0.315. The van der Waals surface area contributed by atoms with Crippen molar-refractivity contribution in [1.82, 2.24) is 0 Å². The van der Waals surface area contributed by atoms with E-state index in [2.05, 4.69) is 37.3 Å². The summed E-state index contributed by atoms with van der Waals surface area (Å²) in [5, 5.41) is 0. The number of hydrogen-bond donors (Lipinski definition) is 0. The van der Waals surface area contributed by atoms with Gasteiger partial charge in [0.2, 0.25) is 0 Å². The van der Waals surface area contributed by atoms with Crippen molar-refractivity contribution in [3.8, 4) is 0 Å². The summed E-state index contributed by atoms with van der Waals surface area (Å²) < 4.78 is 0. The SMILES string of the molecule is C=CCC=C[CH]CC=CC=CC. The molecule has 0 unspecified atom stereocenters. The van der Waals surface area contributed by atoms with Crippen molar-refractivity contribution < 1.29 is 0 Å². The summed E-state index contributed by atoms with van der Waals surface area (Å²) in [5.41, 5.74) is 0. The van der Waals surface area contributed by atoms with Gasteiger partial charge in [0.15, 0.2) is 0 Å². The van der Waals surface area contributed by atoms with Gasteiger partial charge in [0.1, 0.15) is 0 Å². The minimum absolute atomic E-state index is 0.953. The molecular formula is C12H17. The van der Waals surface area contributed by atoms with Crippen molar-refractivity contribution >= 4 is 0 Å². The van der Waals surface area contributed by atoms with Crippen molar-refractivity contribution in [2.24, 2.45) is 0 Å². The largest absolute Gasteiger partial charge is 0.103 e. The molecule has 0 aliphatic heterocycles. The van der Waals surface area contributed by atoms with Crippen LogP contribution < -0.4 is 0 Å². The number of hydrogen-bond acceptors (Lipinski definition) is 0. The molecule has 65 valence electrons. The lowest BCUT2D eigenvalue weighted by Crippen LogP contribution is -1.65. The molecule has 0 amide bonds. The van der Waals surface area contributed by atoms with E-state index in [0.29, 0.717) is 0 Å². The van der Waals surface area contributed by atoms with Gasteiger partial charge in [0, 0.05) is 0 Å². The predicted molar refractivity (Wildman–Crippen MR) is 56.8 cm³/mol. The van der Waals surface area contributed by atoms with Crippen LogP contribution in [0.4, 0.5) is 0 Å². The Balaban J connectivity index is 3.25. The van der Waals surface area contributed by atoms with E-state index < -0.39 is 0 Å². The van der Waals surface area contributed by atoms with Crippen LogP contribution in [0.15, 0.2) is 49.1 Å². The molecule has 0 fully saturated rings. The maximum atomic E-state index is 3.63. The van der Waals surface area contributed by atoms with Crippen molar-refractivity contribution in [3.63, 3.8) is 0 Å². The zero-order chi connectivity index (χ0) is 9.07. The molecule has 0 aliphatic carbocycles. The molecular weight excluding hydrogens is 144 g/mol. The smallest absolute Gasteiger partial charge is 0.0133 e. The Kier molecular flexibility index (Phi) is 9.10. The first-order chi connectivity index (χ1) is 5.91. The van der Waals surface area contributed by atoms with Crippen molar-refractivity contribution in [2.45, 2.75) is 19.8 Å². The first-order valence-corrected chi connectivity index (χ1v) is 4.29. The van der Waals surface area contributed by atoms with Gasteiger partial charge in [-0.3, -0.25) is 0 Å². The molecule has 0 bridgehead atoms. The normalized spacial score (nSPS) is 12.1. The van der Waals surface area contributed by atoms with Gasteiger partial charge >= 0.3 is 0 Å². The number of allylic oxidation sites excluding steroid dienone is 7. The highest BCUT2D eigenvalue weighted by Gasteiger charge is 1.74. The molecule has 0 nitrogen and oxygen atoms in total. The molecule has 0 aromatic rings. The first kappa shape index (κ1) is 11.0. The zero-order valence-electron chi connectivity index (χ0n) is 7.74. The molecule has 0 aromatic carbocycles. The highest BCUT2D eigenvalue weighted by molar-refractivity contribution is 5.06. The molecule has 0 atom stereocenters.